The summed E-state index contributed by atoms with van der Waals surface area (Å²) in [6, 6.07) is 7.52. The number of nitrogen functional groups attached to an aromatic ring is 1. The lowest BCUT2D eigenvalue weighted by Crippen LogP contribution is -1.92. The molecule has 2 N–H and O–H groups in total. The van der Waals surface area contributed by atoms with Crippen LogP contribution in [0, 0.1) is 0 Å². The van der Waals surface area contributed by atoms with Gasteiger partial charge >= 0.3 is 0 Å². The molecule has 4 nitrogen and oxygen atoms in total. The van der Waals surface area contributed by atoms with E-state index in [0.29, 0.717) is 5.69 Å². The smallest absolute Gasteiger partial charge is 0.130 e. The van der Waals surface area contributed by atoms with E-state index in [2.05, 4.69) is 9.97 Å². The van der Waals surface area contributed by atoms with Crippen LogP contribution in [0.15, 0.2) is 36.0 Å². The molecule has 0 amide bonds. The molecule has 0 atom stereocenters. The van der Waals surface area contributed by atoms with Crippen LogP contribution < -0.4 is 10.5 Å². The van der Waals surface area contributed by atoms with E-state index >= 15 is 0 Å². The largest absolute Gasteiger partial charge is 0.496 e. The van der Waals surface area contributed by atoms with E-state index in [1.165, 1.54) is 0 Å². The number of ether oxygens (including phenoxy) is 1. The van der Waals surface area contributed by atoms with Gasteiger partial charge in [0.25, 0.3) is 0 Å². The van der Waals surface area contributed by atoms with Gasteiger partial charge in [-0.1, -0.05) is 0 Å². The normalized spacial score (nSPS) is 10.7. The third-order valence-electron chi connectivity index (χ3n) is 2.70. The molecule has 90 valence electrons. The molecule has 2 heterocycles. The minimum absolute atomic E-state index is 0.702. The molecule has 0 aliphatic heterocycles. The fourth-order valence-electron chi connectivity index (χ4n) is 1.85. The summed E-state index contributed by atoms with van der Waals surface area (Å²) in [5.41, 5.74) is 10.0. The van der Waals surface area contributed by atoms with Crippen LogP contribution in [-0.2, 0) is 0 Å². The molecule has 1 aromatic carbocycles. The highest BCUT2D eigenvalue weighted by atomic mass is 32.1. The quantitative estimate of drug-likeness (QED) is 0.717. The summed E-state index contributed by atoms with van der Waals surface area (Å²) in [4.78, 5) is 9.69. The Morgan fingerprint density at radius 3 is 2.89 bits per heavy atom. The standard InChI is InChI=1S/C13H11N3OS/c1-17-12-5-11(13-6-15-7-18-13)16-10-3-2-8(14)4-9(10)12/h2-7H,14H2,1H3. The minimum Gasteiger partial charge on any atom is -0.496 e. The van der Waals surface area contributed by atoms with Crippen LogP contribution in [0.2, 0.25) is 0 Å². The van der Waals surface area contributed by atoms with E-state index in [1.54, 1.807) is 30.2 Å². The van der Waals surface area contributed by atoms with Crippen molar-refractivity contribution in [3.63, 3.8) is 0 Å². The lowest BCUT2D eigenvalue weighted by molar-refractivity contribution is 0.419. The number of rotatable bonds is 2. The van der Waals surface area contributed by atoms with Crippen molar-refractivity contribution in [1.82, 2.24) is 9.97 Å². The SMILES string of the molecule is COc1cc(-c2cncs2)nc2ccc(N)cc12. The van der Waals surface area contributed by atoms with E-state index in [9.17, 15) is 0 Å². The predicted octanol–water partition coefficient (Wildman–Crippen LogP) is 2.95. The molecule has 0 bridgehead atoms. The minimum atomic E-state index is 0.702. The summed E-state index contributed by atoms with van der Waals surface area (Å²) in [5.74, 6) is 0.774. The summed E-state index contributed by atoms with van der Waals surface area (Å²) in [7, 11) is 1.65. The number of benzene rings is 1. The van der Waals surface area contributed by atoms with Gasteiger partial charge in [0, 0.05) is 23.3 Å². The molecule has 0 aliphatic rings. The molecule has 2 aromatic heterocycles. The van der Waals surface area contributed by atoms with E-state index in [4.69, 9.17) is 10.5 Å². The average molecular weight is 257 g/mol. The van der Waals surface area contributed by atoms with Crippen molar-refractivity contribution in [3.05, 3.63) is 36.0 Å². The van der Waals surface area contributed by atoms with Crippen molar-refractivity contribution < 1.29 is 4.74 Å². The lowest BCUT2D eigenvalue weighted by atomic mass is 10.1. The van der Waals surface area contributed by atoms with Crippen LogP contribution in [0.4, 0.5) is 5.69 Å². The third-order valence-corrected chi connectivity index (χ3v) is 3.50. The molecule has 0 saturated carbocycles. The molecule has 3 aromatic rings. The number of anilines is 1. The first-order chi connectivity index (χ1) is 8.78. The monoisotopic (exact) mass is 257 g/mol. The molecule has 0 saturated heterocycles. The summed E-state index contributed by atoms with van der Waals surface area (Å²) < 4.78 is 5.41. The fraction of sp³-hybridized carbons (Fsp3) is 0.0769. The van der Waals surface area contributed by atoms with Gasteiger partial charge in [0.2, 0.25) is 0 Å². The Bertz CT molecular complexity index is 695. The lowest BCUT2D eigenvalue weighted by Gasteiger charge is -2.08. The zero-order valence-electron chi connectivity index (χ0n) is 9.75. The van der Waals surface area contributed by atoms with Gasteiger partial charge in [0.1, 0.15) is 5.75 Å². The summed E-state index contributed by atoms with van der Waals surface area (Å²) in [6.45, 7) is 0. The first-order valence-corrected chi connectivity index (χ1v) is 6.29. The molecule has 0 spiro atoms. The number of nitrogens with two attached hydrogens (primary N) is 1. The number of nitrogens with zero attached hydrogens (tertiary/aromatic N) is 2. The van der Waals surface area contributed by atoms with Crippen molar-refractivity contribution in [2.45, 2.75) is 0 Å². The Hall–Kier alpha value is -2.14. The highest BCUT2D eigenvalue weighted by Crippen LogP contribution is 2.32. The molecular formula is C13H11N3OS. The van der Waals surface area contributed by atoms with Gasteiger partial charge in [-0.05, 0) is 18.2 Å². The van der Waals surface area contributed by atoms with Crippen LogP contribution in [0.3, 0.4) is 0 Å². The summed E-state index contributed by atoms with van der Waals surface area (Å²) in [5, 5.41) is 0.922. The number of hydrogen-bond donors (Lipinski definition) is 1. The maximum atomic E-state index is 5.79. The van der Waals surface area contributed by atoms with Gasteiger partial charge in [-0.15, -0.1) is 11.3 Å². The number of pyridine rings is 1. The Morgan fingerprint density at radius 1 is 1.28 bits per heavy atom. The molecule has 0 aliphatic carbocycles. The number of hydrogen-bond acceptors (Lipinski definition) is 5. The maximum absolute atomic E-state index is 5.79. The van der Waals surface area contributed by atoms with E-state index < -0.39 is 0 Å². The highest BCUT2D eigenvalue weighted by molar-refractivity contribution is 7.13. The van der Waals surface area contributed by atoms with E-state index in [1.807, 2.05) is 24.3 Å². The maximum Gasteiger partial charge on any atom is 0.130 e. The zero-order valence-corrected chi connectivity index (χ0v) is 10.6. The second-order valence-electron chi connectivity index (χ2n) is 3.85. The van der Waals surface area contributed by atoms with Crippen LogP contribution in [0.5, 0.6) is 5.75 Å². The predicted molar refractivity (Wildman–Crippen MR) is 73.8 cm³/mol. The first kappa shape index (κ1) is 11.0. The van der Waals surface area contributed by atoms with Crippen LogP contribution in [0.1, 0.15) is 0 Å². The van der Waals surface area contributed by atoms with Gasteiger partial charge in [0.05, 0.1) is 28.7 Å². The van der Waals surface area contributed by atoms with Crippen LogP contribution >= 0.6 is 11.3 Å². The van der Waals surface area contributed by atoms with Gasteiger partial charge < -0.3 is 10.5 Å². The number of fused-ring (bicyclic) bond motifs is 1. The summed E-state index contributed by atoms with van der Waals surface area (Å²) in [6.07, 6.45) is 1.80. The van der Waals surface area contributed by atoms with Gasteiger partial charge in [0.15, 0.2) is 0 Å². The summed E-state index contributed by atoms with van der Waals surface area (Å²) >= 11 is 1.55. The fourth-order valence-corrected chi connectivity index (χ4v) is 2.43. The Kier molecular flexibility index (Phi) is 2.60. The van der Waals surface area contributed by atoms with Gasteiger partial charge in [-0.25, -0.2) is 4.98 Å². The zero-order chi connectivity index (χ0) is 12.5. The molecule has 18 heavy (non-hydrogen) atoms. The number of methoxy groups -OCH3 is 1. The average Bonchev–Trinajstić information content (AvgIpc) is 2.91. The molecule has 0 radical (unpaired) electrons. The van der Waals surface area contributed by atoms with Crippen molar-refractivity contribution in [2.75, 3.05) is 12.8 Å². The first-order valence-electron chi connectivity index (χ1n) is 5.41. The highest BCUT2D eigenvalue weighted by Gasteiger charge is 2.09. The van der Waals surface area contributed by atoms with Crippen LogP contribution in [0.25, 0.3) is 21.5 Å². The Morgan fingerprint density at radius 2 is 2.17 bits per heavy atom. The Labute approximate surface area is 108 Å². The second kappa shape index (κ2) is 4.27. The van der Waals surface area contributed by atoms with Crippen molar-refractivity contribution in [3.8, 4) is 16.3 Å². The Balaban J connectivity index is 2.28. The van der Waals surface area contributed by atoms with Crippen LogP contribution in [-0.4, -0.2) is 17.1 Å². The third kappa shape index (κ3) is 1.78. The van der Waals surface area contributed by atoms with E-state index in [0.717, 1.165) is 27.2 Å². The molecule has 5 heteroatoms. The number of aromatic nitrogens is 2. The van der Waals surface area contributed by atoms with Crippen molar-refractivity contribution >= 4 is 27.9 Å². The van der Waals surface area contributed by atoms with Crippen molar-refractivity contribution in [1.29, 1.82) is 0 Å². The van der Waals surface area contributed by atoms with E-state index in [-0.39, 0.29) is 0 Å². The number of thiazole rings is 1. The second-order valence-corrected chi connectivity index (χ2v) is 4.74. The molecular weight excluding hydrogens is 246 g/mol. The van der Waals surface area contributed by atoms with Gasteiger partial charge in [-0.3, -0.25) is 4.98 Å². The molecule has 0 fully saturated rings. The topological polar surface area (TPSA) is 61.0 Å². The molecule has 0 unspecified atom stereocenters. The van der Waals surface area contributed by atoms with Crippen molar-refractivity contribution in [2.24, 2.45) is 0 Å². The molecule has 3 rings (SSSR count). The van der Waals surface area contributed by atoms with Gasteiger partial charge in [-0.2, -0.15) is 0 Å².